The standard InChI is InChI=1S/C29H25Cl2N3O2/c1-18(2)29(35)23(28(33)27-24(30)7-4-8-25(27)31)17-36-22-9-10-26-21(14-22)11-12-34(26)16-20-6-3-5-19(13-20)15-32/h3-14,18H,16-17,33H2,1-2H3/b28-23-. The molecule has 0 bridgehead atoms. The summed E-state index contributed by atoms with van der Waals surface area (Å²) in [5.41, 5.74) is 10.1. The zero-order chi connectivity index (χ0) is 25.8. The van der Waals surface area contributed by atoms with Gasteiger partial charge >= 0.3 is 0 Å². The molecule has 0 amide bonds. The van der Waals surface area contributed by atoms with E-state index >= 15 is 0 Å². The number of fused-ring (bicyclic) bond motifs is 1. The Labute approximate surface area is 220 Å². The van der Waals surface area contributed by atoms with Gasteiger partial charge in [-0.3, -0.25) is 4.79 Å². The second kappa shape index (κ2) is 10.9. The Bertz CT molecular complexity index is 1490. The van der Waals surface area contributed by atoms with Crippen molar-refractivity contribution in [3.8, 4) is 11.8 Å². The van der Waals surface area contributed by atoms with Gasteiger partial charge in [-0.15, -0.1) is 0 Å². The maximum absolute atomic E-state index is 13.0. The van der Waals surface area contributed by atoms with E-state index in [4.69, 9.17) is 38.9 Å². The van der Waals surface area contributed by atoms with Crippen molar-refractivity contribution in [3.05, 3.63) is 105 Å². The quantitative estimate of drug-likeness (QED) is 0.259. The Morgan fingerprint density at radius 2 is 1.78 bits per heavy atom. The average molecular weight is 518 g/mol. The first-order valence-electron chi connectivity index (χ1n) is 11.5. The van der Waals surface area contributed by atoms with Gasteiger partial charge in [-0.1, -0.05) is 55.2 Å². The number of nitrogens with two attached hydrogens (primary N) is 1. The first kappa shape index (κ1) is 25.4. The second-order valence-corrected chi connectivity index (χ2v) is 9.59. The second-order valence-electron chi connectivity index (χ2n) is 8.77. The molecule has 1 heterocycles. The van der Waals surface area contributed by atoms with Gasteiger partial charge in [-0.2, -0.15) is 5.26 Å². The van der Waals surface area contributed by atoms with E-state index in [0.29, 0.717) is 39.0 Å². The number of ketones is 1. The molecule has 4 aromatic rings. The molecule has 0 aliphatic rings. The van der Waals surface area contributed by atoms with Crippen LogP contribution < -0.4 is 10.5 Å². The van der Waals surface area contributed by atoms with Crippen LogP contribution in [0.25, 0.3) is 16.6 Å². The highest BCUT2D eigenvalue weighted by atomic mass is 35.5. The van der Waals surface area contributed by atoms with E-state index in [1.54, 1.807) is 24.3 Å². The van der Waals surface area contributed by atoms with E-state index in [9.17, 15) is 4.79 Å². The van der Waals surface area contributed by atoms with E-state index in [0.717, 1.165) is 16.5 Å². The summed E-state index contributed by atoms with van der Waals surface area (Å²) < 4.78 is 8.15. The first-order valence-corrected chi connectivity index (χ1v) is 12.2. The van der Waals surface area contributed by atoms with E-state index in [1.807, 2.05) is 62.5 Å². The predicted octanol–water partition coefficient (Wildman–Crippen LogP) is 6.84. The molecule has 0 radical (unpaired) electrons. The van der Waals surface area contributed by atoms with Gasteiger partial charge in [0.15, 0.2) is 5.78 Å². The average Bonchev–Trinajstić information content (AvgIpc) is 3.25. The summed E-state index contributed by atoms with van der Waals surface area (Å²) in [5, 5.41) is 10.9. The Hall–Kier alpha value is -3.72. The SMILES string of the molecule is CC(C)C(=O)/C(COc1ccc2c(ccn2Cc2cccc(C#N)c2)c1)=C(\N)c1c(Cl)cccc1Cl. The summed E-state index contributed by atoms with van der Waals surface area (Å²) in [5.74, 6) is 0.202. The minimum atomic E-state index is -0.278. The predicted molar refractivity (Wildman–Crippen MR) is 145 cm³/mol. The summed E-state index contributed by atoms with van der Waals surface area (Å²) in [7, 11) is 0. The van der Waals surface area contributed by atoms with Gasteiger partial charge in [0.2, 0.25) is 0 Å². The number of hydrogen-bond donors (Lipinski definition) is 1. The fraction of sp³-hybridized carbons (Fsp3) is 0.172. The number of aromatic nitrogens is 1. The molecule has 7 heteroatoms. The van der Waals surface area contributed by atoms with Gasteiger partial charge < -0.3 is 15.0 Å². The van der Waals surface area contributed by atoms with Crippen molar-refractivity contribution >= 4 is 45.6 Å². The normalized spacial score (nSPS) is 11.9. The van der Waals surface area contributed by atoms with Crippen molar-refractivity contribution < 1.29 is 9.53 Å². The Kier molecular flexibility index (Phi) is 7.69. The number of benzene rings is 3. The lowest BCUT2D eigenvalue weighted by Gasteiger charge is -2.16. The molecule has 36 heavy (non-hydrogen) atoms. The van der Waals surface area contributed by atoms with Crippen LogP contribution in [0.1, 0.15) is 30.5 Å². The van der Waals surface area contributed by atoms with Gasteiger partial charge in [-0.05, 0) is 54.1 Å². The van der Waals surface area contributed by atoms with Crippen LogP contribution in [0.3, 0.4) is 0 Å². The third-order valence-electron chi connectivity index (χ3n) is 5.91. The lowest BCUT2D eigenvalue weighted by Crippen LogP contribution is -2.21. The van der Waals surface area contributed by atoms with Crippen molar-refractivity contribution in [2.45, 2.75) is 20.4 Å². The molecule has 0 saturated carbocycles. The van der Waals surface area contributed by atoms with Gasteiger partial charge in [-0.25, -0.2) is 0 Å². The number of carbonyl (C=O) groups excluding carboxylic acids is 1. The molecular formula is C29H25Cl2N3O2. The molecule has 5 nitrogen and oxygen atoms in total. The van der Waals surface area contributed by atoms with Crippen LogP contribution in [-0.4, -0.2) is 17.0 Å². The Morgan fingerprint density at radius 3 is 2.47 bits per heavy atom. The summed E-state index contributed by atoms with van der Waals surface area (Å²) in [6.07, 6.45) is 2.00. The summed E-state index contributed by atoms with van der Waals surface area (Å²) in [6, 6.07) is 22.6. The van der Waals surface area contributed by atoms with Crippen LogP contribution in [-0.2, 0) is 11.3 Å². The van der Waals surface area contributed by atoms with Crippen molar-refractivity contribution in [2.24, 2.45) is 11.7 Å². The van der Waals surface area contributed by atoms with Crippen LogP contribution in [0.4, 0.5) is 0 Å². The highest BCUT2D eigenvalue weighted by Crippen LogP contribution is 2.31. The molecule has 0 aliphatic heterocycles. The lowest BCUT2D eigenvalue weighted by molar-refractivity contribution is -0.118. The third kappa shape index (κ3) is 5.41. The molecule has 182 valence electrons. The molecule has 0 spiro atoms. The van der Waals surface area contributed by atoms with Crippen molar-refractivity contribution in [2.75, 3.05) is 6.61 Å². The van der Waals surface area contributed by atoms with Crippen LogP contribution >= 0.6 is 23.2 Å². The van der Waals surface area contributed by atoms with Crippen LogP contribution in [0, 0.1) is 17.2 Å². The van der Waals surface area contributed by atoms with Crippen LogP contribution in [0.2, 0.25) is 10.0 Å². The highest BCUT2D eigenvalue weighted by molar-refractivity contribution is 6.37. The van der Waals surface area contributed by atoms with E-state index in [2.05, 4.69) is 10.6 Å². The fourth-order valence-corrected chi connectivity index (χ4v) is 4.63. The number of ether oxygens (including phenoxy) is 1. The number of nitriles is 1. The zero-order valence-corrected chi connectivity index (χ0v) is 21.5. The monoisotopic (exact) mass is 517 g/mol. The lowest BCUT2D eigenvalue weighted by atomic mass is 9.97. The van der Waals surface area contributed by atoms with Crippen LogP contribution in [0.15, 0.2) is 78.5 Å². The number of rotatable bonds is 8. The molecule has 3 aromatic carbocycles. The Balaban J connectivity index is 1.60. The zero-order valence-electron chi connectivity index (χ0n) is 20.0. The van der Waals surface area contributed by atoms with Crippen molar-refractivity contribution in [3.63, 3.8) is 0 Å². The minimum absolute atomic E-state index is 0.0163. The molecule has 0 fully saturated rings. The number of Topliss-reactive ketones (excluding diaryl/α,β-unsaturated/α-hetero) is 1. The van der Waals surface area contributed by atoms with Gasteiger partial charge in [0, 0.05) is 35.1 Å². The molecular weight excluding hydrogens is 493 g/mol. The van der Waals surface area contributed by atoms with Crippen molar-refractivity contribution in [1.82, 2.24) is 4.57 Å². The maximum Gasteiger partial charge on any atom is 0.166 e. The maximum atomic E-state index is 13.0. The highest BCUT2D eigenvalue weighted by Gasteiger charge is 2.22. The van der Waals surface area contributed by atoms with Gasteiger partial charge in [0.05, 0.1) is 32.9 Å². The molecule has 2 N–H and O–H groups in total. The number of halogens is 2. The van der Waals surface area contributed by atoms with Gasteiger partial charge in [0.1, 0.15) is 12.4 Å². The number of carbonyl (C=O) groups is 1. The minimum Gasteiger partial charge on any atom is -0.489 e. The molecule has 0 saturated heterocycles. The van der Waals surface area contributed by atoms with E-state index in [-0.39, 0.29) is 24.0 Å². The molecule has 0 unspecified atom stereocenters. The van der Waals surface area contributed by atoms with Crippen molar-refractivity contribution in [1.29, 1.82) is 5.26 Å². The fourth-order valence-electron chi connectivity index (χ4n) is 4.03. The largest absolute Gasteiger partial charge is 0.489 e. The molecule has 0 aliphatic carbocycles. The smallest absolute Gasteiger partial charge is 0.166 e. The first-order chi connectivity index (χ1) is 17.3. The topological polar surface area (TPSA) is 81.0 Å². The number of hydrogen-bond acceptors (Lipinski definition) is 4. The summed E-state index contributed by atoms with van der Waals surface area (Å²) in [4.78, 5) is 13.0. The molecule has 4 rings (SSSR count). The molecule has 0 atom stereocenters. The number of nitrogens with zero attached hydrogens (tertiary/aromatic N) is 2. The van der Waals surface area contributed by atoms with E-state index < -0.39 is 0 Å². The van der Waals surface area contributed by atoms with Crippen LogP contribution in [0.5, 0.6) is 5.75 Å². The summed E-state index contributed by atoms with van der Waals surface area (Å²) in [6.45, 7) is 4.25. The Morgan fingerprint density at radius 1 is 1.06 bits per heavy atom. The summed E-state index contributed by atoms with van der Waals surface area (Å²) >= 11 is 12.7. The van der Waals surface area contributed by atoms with E-state index in [1.165, 1.54) is 0 Å². The molecule has 1 aromatic heterocycles. The third-order valence-corrected chi connectivity index (χ3v) is 6.54. The van der Waals surface area contributed by atoms with Gasteiger partial charge in [0.25, 0.3) is 0 Å².